The Balaban J connectivity index is 2.84. The standard InChI is InChI=1S/C10H11NO5/c1-16-9(10(12)13)6-7-3-2-4-8(5-7)11(14)15/h2-5,9H,6H2,1H3,(H,12,13). The minimum atomic E-state index is -1.09. The molecule has 0 aromatic heterocycles. The molecule has 86 valence electrons. The summed E-state index contributed by atoms with van der Waals surface area (Å²) in [6, 6.07) is 5.84. The van der Waals surface area contributed by atoms with Crippen molar-refractivity contribution in [2.45, 2.75) is 12.5 Å². The van der Waals surface area contributed by atoms with Crippen molar-refractivity contribution in [1.82, 2.24) is 0 Å². The van der Waals surface area contributed by atoms with Gasteiger partial charge in [-0.1, -0.05) is 12.1 Å². The number of carbonyl (C=O) groups is 1. The van der Waals surface area contributed by atoms with Crippen LogP contribution in [0.15, 0.2) is 24.3 Å². The number of non-ortho nitro benzene ring substituents is 1. The summed E-state index contributed by atoms with van der Waals surface area (Å²) in [7, 11) is 1.29. The second-order valence-corrected chi connectivity index (χ2v) is 3.19. The number of rotatable bonds is 5. The Hall–Kier alpha value is -1.95. The molecule has 1 unspecified atom stereocenters. The highest BCUT2D eigenvalue weighted by Gasteiger charge is 2.17. The van der Waals surface area contributed by atoms with Crippen LogP contribution in [0.25, 0.3) is 0 Å². The SMILES string of the molecule is COC(Cc1cccc([N+](=O)[O-])c1)C(=O)O. The molecular weight excluding hydrogens is 214 g/mol. The molecule has 0 heterocycles. The summed E-state index contributed by atoms with van der Waals surface area (Å²) in [6.07, 6.45) is -0.880. The lowest BCUT2D eigenvalue weighted by atomic mass is 10.1. The first-order valence-corrected chi connectivity index (χ1v) is 4.53. The summed E-state index contributed by atoms with van der Waals surface area (Å²) in [5.41, 5.74) is 0.501. The minimum Gasteiger partial charge on any atom is -0.479 e. The zero-order chi connectivity index (χ0) is 12.1. The highest BCUT2D eigenvalue weighted by molar-refractivity contribution is 5.72. The summed E-state index contributed by atoms with van der Waals surface area (Å²) >= 11 is 0. The van der Waals surface area contributed by atoms with E-state index in [0.29, 0.717) is 5.56 Å². The summed E-state index contributed by atoms with van der Waals surface area (Å²) in [5.74, 6) is -1.09. The quantitative estimate of drug-likeness (QED) is 0.601. The molecule has 0 saturated heterocycles. The number of nitrogens with zero attached hydrogens (tertiary/aromatic N) is 1. The van der Waals surface area contributed by atoms with Crippen LogP contribution in [0.5, 0.6) is 0 Å². The van der Waals surface area contributed by atoms with Crippen LogP contribution >= 0.6 is 0 Å². The van der Waals surface area contributed by atoms with Crippen LogP contribution in [0.1, 0.15) is 5.56 Å². The number of aliphatic carboxylic acids is 1. The zero-order valence-electron chi connectivity index (χ0n) is 8.62. The van der Waals surface area contributed by atoms with E-state index in [-0.39, 0.29) is 12.1 Å². The molecule has 1 aromatic carbocycles. The monoisotopic (exact) mass is 225 g/mol. The summed E-state index contributed by atoms with van der Waals surface area (Å²) in [6.45, 7) is 0. The summed E-state index contributed by atoms with van der Waals surface area (Å²) in [5, 5.41) is 19.3. The average molecular weight is 225 g/mol. The van der Waals surface area contributed by atoms with Gasteiger partial charge in [-0.15, -0.1) is 0 Å². The van der Waals surface area contributed by atoms with Crippen molar-refractivity contribution in [2.75, 3.05) is 7.11 Å². The lowest BCUT2D eigenvalue weighted by Gasteiger charge is -2.09. The maximum absolute atomic E-state index is 10.7. The maximum Gasteiger partial charge on any atom is 0.333 e. The molecule has 0 aliphatic rings. The van der Waals surface area contributed by atoms with Crippen molar-refractivity contribution in [3.8, 4) is 0 Å². The Labute approximate surface area is 91.6 Å². The Morgan fingerprint density at radius 3 is 2.81 bits per heavy atom. The van der Waals surface area contributed by atoms with Crippen molar-refractivity contribution in [3.05, 3.63) is 39.9 Å². The predicted octanol–water partition coefficient (Wildman–Crippen LogP) is 1.24. The molecular formula is C10H11NO5. The van der Waals surface area contributed by atoms with Crippen LogP contribution in [0.3, 0.4) is 0 Å². The normalized spacial score (nSPS) is 12.1. The van der Waals surface area contributed by atoms with Gasteiger partial charge in [0, 0.05) is 25.7 Å². The molecule has 1 aromatic rings. The van der Waals surface area contributed by atoms with Crippen LogP contribution in [-0.2, 0) is 16.0 Å². The third-order valence-corrected chi connectivity index (χ3v) is 2.10. The van der Waals surface area contributed by atoms with E-state index in [1.807, 2.05) is 0 Å². The van der Waals surface area contributed by atoms with E-state index in [1.165, 1.54) is 25.3 Å². The van der Waals surface area contributed by atoms with Crippen molar-refractivity contribution in [1.29, 1.82) is 0 Å². The van der Waals surface area contributed by atoms with Crippen LogP contribution in [0.2, 0.25) is 0 Å². The first kappa shape index (κ1) is 12.1. The van der Waals surface area contributed by atoms with Gasteiger partial charge in [0.05, 0.1) is 4.92 Å². The van der Waals surface area contributed by atoms with E-state index in [4.69, 9.17) is 9.84 Å². The maximum atomic E-state index is 10.7. The zero-order valence-corrected chi connectivity index (χ0v) is 8.62. The van der Waals surface area contributed by atoms with E-state index < -0.39 is 17.0 Å². The number of carboxylic acid groups (broad SMARTS) is 1. The predicted molar refractivity (Wildman–Crippen MR) is 55.2 cm³/mol. The minimum absolute atomic E-state index is 0.0576. The Kier molecular flexibility index (Phi) is 3.96. The lowest BCUT2D eigenvalue weighted by Crippen LogP contribution is -2.24. The fraction of sp³-hybridized carbons (Fsp3) is 0.300. The molecule has 6 nitrogen and oxygen atoms in total. The number of hydrogen-bond donors (Lipinski definition) is 1. The third-order valence-electron chi connectivity index (χ3n) is 2.10. The highest BCUT2D eigenvalue weighted by Crippen LogP contribution is 2.15. The van der Waals surface area contributed by atoms with Gasteiger partial charge in [-0.2, -0.15) is 0 Å². The Morgan fingerprint density at radius 2 is 2.31 bits per heavy atom. The topological polar surface area (TPSA) is 89.7 Å². The number of nitro groups is 1. The number of carboxylic acids is 1. The molecule has 0 amide bonds. The van der Waals surface area contributed by atoms with Crippen LogP contribution < -0.4 is 0 Å². The van der Waals surface area contributed by atoms with Crippen molar-refractivity contribution < 1.29 is 19.6 Å². The van der Waals surface area contributed by atoms with Gasteiger partial charge in [-0.05, 0) is 5.56 Å². The second-order valence-electron chi connectivity index (χ2n) is 3.19. The number of methoxy groups -OCH3 is 1. The molecule has 0 bridgehead atoms. The van der Waals surface area contributed by atoms with Crippen LogP contribution in [-0.4, -0.2) is 29.2 Å². The molecule has 16 heavy (non-hydrogen) atoms. The third kappa shape index (κ3) is 3.03. The fourth-order valence-corrected chi connectivity index (χ4v) is 1.28. The van der Waals surface area contributed by atoms with Gasteiger partial charge in [0.2, 0.25) is 0 Å². The smallest absolute Gasteiger partial charge is 0.333 e. The number of nitro benzene ring substituents is 1. The molecule has 1 atom stereocenters. The van der Waals surface area contributed by atoms with Gasteiger partial charge in [-0.25, -0.2) is 4.79 Å². The highest BCUT2D eigenvalue weighted by atomic mass is 16.6. The van der Waals surface area contributed by atoms with Gasteiger partial charge >= 0.3 is 5.97 Å². The second kappa shape index (κ2) is 5.22. The van der Waals surface area contributed by atoms with E-state index in [0.717, 1.165) is 0 Å². The molecule has 0 spiro atoms. The van der Waals surface area contributed by atoms with E-state index in [1.54, 1.807) is 6.07 Å². The molecule has 0 radical (unpaired) electrons. The van der Waals surface area contributed by atoms with Gasteiger partial charge in [0.1, 0.15) is 0 Å². The molecule has 0 aliphatic carbocycles. The van der Waals surface area contributed by atoms with Gasteiger partial charge < -0.3 is 9.84 Å². The van der Waals surface area contributed by atoms with E-state index in [9.17, 15) is 14.9 Å². The fourth-order valence-electron chi connectivity index (χ4n) is 1.28. The molecule has 1 rings (SSSR count). The first-order chi connectivity index (χ1) is 7.54. The average Bonchev–Trinajstić information content (AvgIpc) is 2.25. The Bertz CT molecular complexity index is 404. The number of hydrogen-bond acceptors (Lipinski definition) is 4. The molecule has 0 saturated carbocycles. The summed E-state index contributed by atoms with van der Waals surface area (Å²) in [4.78, 5) is 20.7. The van der Waals surface area contributed by atoms with Crippen molar-refractivity contribution >= 4 is 11.7 Å². The first-order valence-electron chi connectivity index (χ1n) is 4.53. The molecule has 6 heteroatoms. The molecule has 0 aliphatic heterocycles. The summed E-state index contributed by atoms with van der Waals surface area (Å²) < 4.78 is 4.75. The number of benzene rings is 1. The lowest BCUT2D eigenvalue weighted by molar-refractivity contribution is -0.384. The van der Waals surface area contributed by atoms with Crippen molar-refractivity contribution in [3.63, 3.8) is 0 Å². The van der Waals surface area contributed by atoms with Gasteiger partial charge in [-0.3, -0.25) is 10.1 Å². The molecule has 1 N–H and O–H groups in total. The van der Waals surface area contributed by atoms with Crippen LogP contribution in [0.4, 0.5) is 5.69 Å². The Morgan fingerprint density at radius 1 is 1.62 bits per heavy atom. The van der Waals surface area contributed by atoms with E-state index in [2.05, 4.69) is 0 Å². The van der Waals surface area contributed by atoms with Gasteiger partial charge in [0.15, 0.2) is 6.10 Å². The van der Waals surface area contributed by atoms with Gasteiger partial charge in [0.25, 0.3) is 5.69 Å². The van der Waals surface area contributed by atoms with Crippen LogP contribution in [0, 0.1) is 10.1 Å². The van der Waals surface area contributed by atoms with E-state index >= 15 is 0 Å². The van der Waals surface area contributed by atoms with Crippen molar-refractivity contribution in [2.24, 2.45) is 0 Å². The largest absolute Gasteiger partial charge is 0.479 e. The molecule has 0 fully saturated rings. The number of ether oxygens (including phenoxy) is 1.